The van der Waals surface area contributed by atoms with E-state index in [0.29, 0.717) is 30.8 Å². The van der Waals surface area contributed by atoms with Gasteiger partial charge in [0.05, 0.1) is 24.7 Å². The molecule has 3 N–H and O–H groups in total. The van der Waals surface area contributed by atoms with Crippen LogP contribution in [0.25, 0.3) is 6.08 Å². The van der Waals surface area contributed by atoms with Crippen molar-refractivity contribution in [1.82, 2.24) is 10.2 Å². The molecule has 3 atom stereocenters. The van der Waals surface area contributed by atoms with Gasteiger partial charge in [0.25, 0.3) is 5.91 Å². The molecule has 6 bridgehead atoms. The maximum Gasteiger partial charge on any atom is 0.251 e. The Morgan fingerprint density at radius 3 is 2.61 bits per heavy atom. The molecule has 7 nitrogen and oxygen atoms in total. The number of carbonyl (C=O) groups excluding carboxylic acids is 2. The summed E-state index contributed by atoms with van der Waals surface area (Å²) in [7, 11) is 0. The van der Waals surface area contributed by atoms with Crippen molar-refractivity contribution in [2.75, 3.05) is 6.61 Å². The molecule has 0 saturated heterocycles. The van der Waals surface area contributed by atoms with Gasteiger partial charge in [-0.3, -0.25) is 14.5 Å². The summed E-state index contributed by atoms with van der Waals surface area (Å²) in [5.41, 5.74) is 11.3. The van der Waals surface area contributed by atoms with Gasteiger partial charge in [0.15, 0.2) is 5.96 Å². The molecule has 7 heteroatoms. The summed E-state index contributed by atoms with van der Waals surface area (Å²) in [6.45, 7) is 8.48. The van der Waals surface area contributed by atoms with Crippen molar-refractivity contribution < 1.29 is 14.3 Å². The summed E-state index contributed by atoms with van der Waals surface area (Å²) < 4.78 is 5.85. The maximum absolute atomic E-state index is 13.3. The number of aryl methyl sites for hydroxylation is 1. The number of carbonyl (C=O) groups is 2. The highest BCUT2D eigenvalue weighted by atomic mass is 16.5. The fourth-order valence-electron chi connectivity index (χ4n) is 5.63. The third-order valence-electron chi connectivity index (χ3n) is 7.36. The Bertz CT molecular complexity index is 1240. The summed E-state index contributed by atoms with van der Waals surface area (Å²) >= 11 is 0. The lowest BCUT2D eigenvalue weighted by molar-refractivity contribution is -0.130. The summed E-state index contributed by atoms with van der Waals surface area (Å²) in [5, 5.41) is 3.23. The molecule has 38 heavy (non-hydrogen) atoms. The number of nitrogens with one attached hydrogen (secondary N) is 1. The van der Waals surface area contributed by atoms with Crippen LogP contribution in [0.15, 0.2) is 47.5 Å². The number of amides is 2. The zero-order valence-corrected chi connectivity index (χ0v) is 23.0. The van der Waals surface area contributed by atoms with Crippen LogP contribution in [-0.4, -0.2) is 35.3 Å². The second-order valence-corrected chi connectivity index (χ2v) is 9.52. The van der Waals surface area contributed by atoms with Gasteiger partial charge in [0, 0.05) is 24.0 Å². The van der Waals surface area contributed by atoms with Gasteiger partial charge in [-0.2, -0.15) is 0 Å². The van der Waals surface area contributed by atoms with Crippen molar-refractivity contribution in [3.63, 3.8) is 0 Å². The number of hydrogen-bond acceptors (Lipinski definition) is 5. The Hall–Kier alpha value is -3.61. The summed E-state index contributed by atoms with van der Waals surface area (Å²) in [6.07, 6.45) is 8.61. The standard InChI is InChI=1S/C27H28N4O3.2C2H6/c28-27-29-19-4-2-1-3-16-5-6-17-7-9-22(20(17)13-16)30-26(33)18-8-10-24-21(14-18)23(11-12-34-24)31(27)25(32)15-19;2*1-2/h1,3,5-6,8,10,13-14,19,22-23H,2,4,7,9,11-12,15H2,(H2,28,29)(H,30,33);2*1-2H3/b3-1-;;/t19?,22?,23-;;/m1../s1. The Balaban J connectivity index is 0.000000804. The molecule has 0 saturated carbocycles. The largest absolute Gasteiger partial charge is 0.493 e. The van der Waals surface area contributed by atoms with E-state index in [9.17, 15) is 9.59 Å². The van der Waals surface area contributed by atoms with Gasteiger partial charge in [-0.05, 0) is 66.6 Å². The van der Waals surface area contributed by atoms with Crippen LogP contribution < -0.4 is 15.8 Å². The topological polar surface area (TPSA) is 97.0 Å². The van der Waals surface area contributed by atoms with Crippen molar-refractivity contribution in [3.8, 4) is 5.75 Å². The number of aliphatic imine (C=N–C) groups is 1. The highest BCUT2D eigenvalue weighted by Crippen LogP contribution is 2.39. The smallest absolute Gasteiger partial charge is 0.251 e. The van der Waals surface area contributed by atoms with Crippen LogP contribution in [0.5, 0.6) is 5.75 Å². The van der Waals surface area contributed by atoms with E-state index in [4.69, 9.17) is 10.5 Å². The summed E-state index contributed by atoms with van der Waals surface area (Å²) in [5.74, 6) is 0.788. The Morgan fingerprint density at radius 1 is 1.00 bits per heavy atom. The molecule has 0 fully saturated rings. The van der Waals surface area contributed by atoms with Crippen molar-refractivity contribution >= 4 is 23.8 Å². The third-order valence-corrected chi connectivity index (χ3v) is 7.36. The van der Waals surface area contributed by atoms with E-state index in [1.54, 1.807) is 11.0 Å². The average molecular weight is 517 g/mol. The fourth-order valence-corrected chi connectivity index (χ4v) is 5.63. The minimum Gasteiger partial charge on any atom is -0.493 e. The van der Waals surface area contributed by atoms with E-state index in [2.05, 4.69) is 40.7 Å². The lowest BCUT2D eigenvalue weighted by Crippen LogP contribution is -2.50. The number of nitrogens with two attached hydrogens (primary N) is 1. The molecule has 4 heterocycles. The van der Waals surface area contributed by atoms with Crippen LogP contribution in [0.1, 0.15) is 104 Å². The van der Waals surface area contributed by atoms with Crippen LogP contribution in [0, 0.1) is 0 Å². The number of hydrogen-bond donors (Lipinski definition) is 2. The van der Waals surface area contributed by atoms with Gasteiger partial charge in [0.2, 0.25) is 5.91 Å². The molecule has 0 aromatic heterocycles. The molecule has 202 valence electrons. The van der Waals surface area contributed by atoms with Crippen LogP contribution in [0.4, 0.5) is 0 Å². The van der Waals surface area contributed by atoms with Crippen molar-refractivity contribution in [2.45, 2.75) is 84.3 Å². The first kappa shape index (κ1) is 27.4. The molecule has 0 spiro atoms. The van der Waals surface area contributed by atoms with Gasteiger partial charge in [-0.15, -0.1) is 0 Å². The van der Waals surface area contributed by atoms with Crippen molar-refractivity contribution in [1.29, 1.82) is 0 Å². The average Bonchev–Trinajstić information content (AvgIpc) is 3.34. The fraction of sp³-hybridized carbons (Fsp3) is 0.452. The number of nitrogens with zero attached hydrogens (tertiary/aromatic N) is 2. The highest BCUT2D eigenvalue weighted by Gasteiger charge is 2.37. The molecular weight excluding hydrogens is 476 g/mol. The Morgan fingerprint density at radius 2 is 1.82 bits per heavy atom. The van der Waals surface area contributed by atoms with Gasteiger partial charge in [-0.1, -0.05) is 52.0 Å². The van der Waals surface area contributed by atoms with Crippen molar-refractivity contribution in [3.05, 3.63) is 70.3 Å². The molecule has 2 unspecified atom stereocenters. The first-order valence-electron chi connectivity index (χ1n) is 14.1. The minimum atomic E-state index is -0.290. The number of fused-ring (bicyclic) bond motifs is 4. The molecule has 1 aliphatic carbocycles. The van der Waals surface area contributed by atoms with Crippen LogP contribution in [0.3, 0.4) is 0 Å². The molecular formula is C31H40N4O3. The van der Waals surface area contributed by atoms with E-state index in [0.717, 1.165) is 36.8 Å². The monoisotopic (exact) mass is 516 g/mol. The van der Waals surface area contributed by atoms with E-state index in [1.807, 2.05) is 39.8 Å². The lowest BCUT2D eigenvalue weighted by atomic mass is 9.94. The maximum atomic E-state index is 13.3. The van der Waals surface area contributed by atoms with E-state index >= 15 is 0 Å². The number of benzene rings is 2. The van der Waals surface area contributed by atoms with Gasteiger partial charge >= 0.3 is 0 Å². The normalized spacial score (nSPS) is 24.3. The number of ether oxygens (including phenoxy) is 1. The zero-order valence-electron chi connectivity index (χ0n) is 23.0. The Kier molecular flexibility index (Phi) is 8.87. The predicted molar refractivity (Wildman–Crippen MR) is 152 cm³/mol. The van der Waals surface area contributed by atoms with Crippen LogP contribution in [0.2, 0.25) is 0 Å². The molecule has 2 aromatic carbocycles. The SMILES string of the molecule is CC.CC.NC1=NC2CC/C=C\c3ccc4c(c3)C(CC4)NC(=O)c3ccc4c(c3)[C@@H](CCO4)N1C(=O)C2. The molecule has 0 radical (unpaired) electrons. The van der Waals surface area contributed by atoms with Crippen LogP contribution in [-0.2, 0) is 11.2 Å². The zero-order chi connectivity index (χ0) is 27.2. The molecule has 2 amide bonds. The van der Waals surface area contributed by atoms with Gasteiger partial charge < -0.3 is 15.8 Å². The van der Waals surface area contributed by atoms with Crippen molar-refractivity contribution in [2.24, 2.45) is 10.7 Å². The van der Waals surface area contributed by atoms with E-state index in [-0.39, 0.29) is 35.9 Å². The van der Waals surface area contributed by atoms with Gasteiger partial charge in [0.1, 0.15) is 5.75 Å². The first-order chi connectivity index (χ1) is 18.6. The Labute approximate surface area is 226 Å². The number of allylic oxidation sites excluding steroid dienone is 1. The second kappa shape index (κ2) is 12.3. The minimum absolute atomic E-state index is 0.0121. The number of rotatable bonds is 0. The predicted octanol–water partition coefficient (Wildman–Crippen LogP) is 5.70. The quantitative estimate of drug-likeness (QED) is 0.469. The number of guanidine groups is 1. The van der Waals surface area contributed by atoms with Crippen LogP contribution >= 0.6 is 0 Å². The van der Waals surface area contributed by atoms with E-state index < -0.39 is 0 Å². The van der Waals surface area contributed by atoms with E-state index in [1.165, 1.54) is 11.1 Å². The first-order valence-corrected chi connectivity index (χ1v) is 14.1. The molecule has 2 aromatic rings. The van der Waals surface area contributed by atoms with Gasteiger partial charge in [-0.25, -0.2) is 4.99 Å². The summed E-state index contributed by atoms with van der Waals surface area (Å²) in [6, 6.07) is 11.5. The highest BCUT2D eigenvalue weighted by molar-refractivity contribution is 5.99. The third kappa shape index (κ3) is 5.47. The lowest BCUT2D eigenvalue weighted by Gasteiger charge is -2.38. The second-order valence-electron chi connectivity index (χ2n) is 9.52. The molecule has 4 aliphatic heterocycles. The molecule has 7 rings (SSSR count). The summed E-state index contributed by atoms with van der Waals surface area (Å²) in [4.78, 5) is 32.7. The molecule has 5 aliphatic rings.